The van der Waals surface area contributed by atoms with Crippen LogP contribution in [0.3, 0.4) is 0 Å². The molecule has 1 N–H and O–H groups in total. The molecular formula is C21H19ClN6O. The van der Waals surface area contributed by atoms with E-state index in [-0.39, 0.29) is 11.9 Å². The van der Waals surface area contributed by atoms with E-state index in [0.717, 1.165) is 5.69 Å². The fourth-order valence-electron chi connectivity index (χ4n) is 3.01. The van der Waals surface area contributed by atoms with Crippen molar-refractivity contribution < 1.29 is 4.79 Å². The van der Waals surface area contributed by atoms with Gasteiger partial charge in [0.15, 0.2) is 5.82 Å². The highest BCUT2D eigenvalue weighted by Gasteiger charge is 2.15. The minimum absolute atomic E-state index is 0.197. The van der Waals surface area contributed by atoms with E-state index in [0.29, 0.717) is 28.1 Å². The van der Waals surface area contributed by atoms with Crippen LogP contribution >= 0.6 is 11.6 Å². The largest absolute Gasteiger partial charge is 0.312 e. The van der Waals surface area contributed by atoms with E-state index in [1.54, 1.807) is 35.2 Å². The van der Waals surface area contributed by atoms with E-state index in [1.165, 1.54) is 0 Å². The minimum Gasteiger partial charge on any atom is -0.312 e. The van der Waals surface area contributed by atoms with Crippen molar-refractivity contribution in [3.63, 3.8) is 0 Å². The molecule has 1 amide bonds. The van der Waals surface area contributed by atoms with Gasteiger partial charge in [0.05, 0.1) is 0 Å². The number of hydrogen-bond donors (Lipinski definition) is 1. The molecule has 0 bridgehead atoms. The Morgan fingerprint density at radius 1 is 1.07 bits per heavy atom. The van der Waals surface area contributed by atoms with Gasteiger partial charge in [-0.2, -0.15) is 0 Å². The maximum absolute atomic E-state index is 12.9. The zero-order chi connectivity index (χ0) is 20.4. The molecule has 0 aliphatic carbocycles. The highest BCUT2D eigenvalue weighted by atomic mass is 35.5. The van der Waals surface area contributed by atoms with Gasteiger partial charge >= 0.3 is 0 Å². The Hall–Kier alpha value is -3.45. The van der Waals surface area contributed by atoms with Gasteiger partial charge < -0.3 is 14.5 Å². The van der Waals surface area contributed by atoms with E-state index in [1.807, 2.05) is 54.9 Å². The third-order valence-electron chi connectivity index (χ3n) is 4.44. The second-order valence-electron chi connectivity index (χ2n) is 6.76. The Labute approximate surface area is 173 Å². The van der Waals surface area contributed by atoms with E-state index in [2.05, 4.69) is 20.5 Å². The number of nitrogens with one attached hydrogen (secondary N) is 1. The Kier molecular flexibility index (Phi) is 5.14. The van der Waals surface area contributed by atoms with Crippen molar-refractivity contribution in [2.75, 3.05) is 5.32 Å². The number of aromatic nitrogens is 5. The number of carbonyl (C=O) groups excluding carboxylic acids is 1. The van der Waals surface area contributed by atoms with E-state index in [4.69, 9.17) is 11.6 Å². The first-order chi connectivity index (χ1) is 14.0. The topological polar surface area (TPSA) is 77.6 Å². The van der Waals surface area contributed by atoms with Crippen LogP contribution in [0.4, 0.5) is 5.82 Å². The van der Waals surface area contributed by atoms with Gasteiger partial charge in [0.25, 0.3) is 5.91 Å². The molecule has 7 nitrogen and oxygen atoms in total. The number of amides is 1. The van der Waals surface area contributed by atoms with Gasteiger partial charge in [0.1, 0.15) is 23.5 Å². The summed E-state index contributed by atoms with van der Waals surface area (Å²) in [6.45, 7) is 4.09. The quantitative estimate of drug-likeness (QED) is 0.524. The van der Waals surface area contributed by atoms with E-state index in [9.17, 15) is 4.79 Å². The number of nitrogens with zero attached hydrogens (tertiary/aromatic N) is 5. The van der Waals surface area contributed by atoms with E-state index >= 15 is 0 Å². The molecular weight excluding hydrogens is 388 g/mol. The summed E-state index contributed by atoms with van der Waals surface area (Å²) in [6, 6.07) is 16.5. The molecule has 0 saturated heterocycles. The predicted molar refractivity (Wildman–Crippen MR) is 112 cm³/mol. The molecule has 29 heavy (non-hydrogen) atoms. The number of benzene rings is 1. The van der Waals surface area contributed by atoms with Crippen LogP contribution in [-0.2, 0) is 0 Å². The van der Waals surface area contributed by atoms with Gasteiger partial charge in [-0.1, -0.05) is 17.7 Å². The van der Waals surface area contributed by atoms with Crippen LogP contribution in [0.5, 0.6) is 0 Å². The lowest BCUT2D eigenvalue weighted by Gasteiger charge is -2.12. The van der Waals surface area contributed by atoms with Gasteiger partial charge in [0, 0.05) is 22.9 Å². The number of halogens is 1. The average Bonchev–Trinajstić information content (AvgIpc) is 3.39. The summed E-state index contributed by atoms with van der Waals surface area (Å²) in [7, 11) is 0. The molecule has 1 aromatic carbocycles. The maximum atomic E-state index is 12.9. The van der Waals surface area contributed by atoms with Crippen LogP contribution in [0.1, 0.15) is 30.4 Å². The molecule has 3 heterocycles. The second-order valence-corrected chi connectivity index (χ2v) is 7.19. The van der Waals surface area contributed by atoms with Gasteiger partial charge in [-0.25, -0.2) is 4.98 Å². The first kappa shape index (κ1) is 18.9. The zero-order valence-electron chi connectivity index (χ0n) is 16.0. The average molecular weight is 407 g/mol. The Morgan fingerprint density at radius 2 is 1.86 bits per heavy atom. The molecule has 0 fully saturated rings. The van der Waals surface area contributed by atoms with Crippen molar-refractivity contribution in [3.05, 3.63) is 77.8 Å². The van der Waals surface area contributed by atoms with Crippen molar-refractivity contribution in [2.45, 2.75) is 19.9 Å². The lowest BCUT2D eigenvalue weighted by atomic mass is 10.3. The number of hydrogen-bond acceptors (Lipinski definition) is 4. The lowest BCUT2D eigenvalue weighted by Crippen LogP contribution is -2.17. The monoisotopic (exact) mass is 406 g/mol. The van der Waals surface area contributed by atoms with Crippen LogP contribution in [0.2, 0.25) is 5.02 Å². The second kappa shape index (κ2) is 7.89. The standard InChI is InChI=1S/C21H19ClN6O/c1-14(2)28-13-23-26-20(28)17-5-3-7-19(24-17)25-21(29)18-6-4-12-27(18)16-10-8-15(22)9-11-16/h3-14H,1-2H3,(H,24,25,29). The van der Waals surface area contributed by atoms with Gasteiger partial charge in [0.2, 0.25) is 0 Å². The lowest BCUT2D eigenvalue weighted by molar-refractivity contribution is 0.102. The fraction of sp³-hybridized carbons (Fsp3) is 0.143. The molecule has 146 valence electrons. The summed E-state index contributed by atoms with van der Waals surface area (Å²) in [5, 5.41) is 11.6. The molecule has 0 aliphatic heterocycles. The van der Waals surface area contributed by atoms with Gasteiger partial charge in [-0.3, -0.25) is 4.79 Å². The number of anilines is 1. The van der Waals surface area contributed by atoms with Crippen molar-refractivity contribution in [1.82, 2.24) is 24.3 Å². The van der Waals surface area contributed by atoms with Gasteiger partial charge in [-0.05, 0) is 62.4 Å². The molecule has 0 radical (unpaired) electrons. The molecule has 0 unspecified atom stereocenters. The maximum Gasteiger partial charge on any atom is 0.273 e. The highest BCUT2D eigenvalue weighted by molar-refractivity contribution is 6.30. The van der Waals surface area contributed by atoms with Crippen LogP contribution < -0.4 is 5.32 Å². The first-order valence-corrected chi connectivity index (χ1v) is 9.52. The number of pyridine rings is 1. The molecule has 4 rings (SSSR count). The van der Waals surface area contributed by atoms with Crippen molar-refractivity contribution in [2.24, 2.45) is 0 Å². The highest BCUT2D eigenvalue weighted by Crippen LogP contribution is 2.21. The summed E-state index contributed by atoms with van der Waals surface area (Å²) in [5.41, 5.74) is 1.98. The van der Waals surface area contributed by atoms with E-state index < -0.39 is 0 Å². The smallest absolute Gasteiger partial charge is 0.273 e. The van der Waals surface area contributed by atoms with Crippen LogP contribution in [0, 0.1) is 0 Å². The van der Waals surface area contributed by atoms with Crippen LogP contribution in [0.25, 0.3) is 17.2 Å². The third kappa shape index (κ3) is 3.90. The normalized spacial score (nSPS) is 11.0. The summed E-state index contributed by atoms with van der Waals surface area (Å²) in [4.78, 5) is 17.4. The molecule has 3 aromatic heterocycles. The molecule has 0 spiro atoms. The number of rotatable bonds is 5. The van der Waals surface area contributed by atoms with Crippen LogP contribution in [-0.4, -0.2) is 30.2 Å². The summed E-state index contributed by atoms with van der Waals surface area (Å²) in [6.07, 6.45) is 3.50. The molecule has 0 saturated carbocycles. The SMILES string of the molecule is CC(C)n1cnnc1-c1cccc(NC(=O)c2cccn2-c2ccc(Cl)cc2)n1. The molecule has 8 heteroatoms. The van der Waals surface area contributed by atoms with Crippen molar-refractivity contribution >= 4 is 23.3 Å². The summed E-state index contributed by atoms with van der Waals surface area (Å²) in [5.74, 6) is 0.829. The Bertz CT molecular complexity index is 1150. The summed E-state index contributed by atoms with van der Waals surface area (Å²) >= 11 is 5.96. The minimum atomic E-state index is -0.264. The first-order valence-electron chi connectivity index (χ1n) is 9.14. The third-order valence-corrected chi connectivity index (χ3v) is 4.69. The summed E-state index contributed by atoms with van der Waals surface area (Å²) < 4.78 is 3.73. The predicted octanol–water partition coefficient (Wildman–Crippen LogP) is 4.62. The van der Waals surface area contributed by atoms with Crippen LogP contribution in [0.15, 0.2) is 67.1 Å². The fourth-order valence-corrected chi connectivity index (χ4v) is 3.13. The Morgan fingerprint density at radius 3 is 2.62 bits per heavy atom. The Balaban J connectivity index is 1.60. The van der Waals surface area contributed by atoms with Crippen molar-refractivity contribution in [1.29, 1.82) is 0 Å². The van der Waals surface area contributed by atoms with Crippen molar-refractivity contribution in [3.8, 4) is 17.2 Å². The molecule has 0 atom stereocenters. The number of carbonyl (C=O) groups is 1. The molecule has 0 aliphatic rings. The van der Waals surface area contributed by atoms with Gasteiger partial charge in [-0.15, -0.1) is 10.2 Å². The molecule has 4 aromatic rings. The zero-order valence-corrected chi connectivity index (χ0v) is 16.7.